The molecule has 0 unspecified atom stereocenters. The van der Waals surface area contributed by atoms with Crippen molar-refractivity contribution in [3.05, 3.63) is 58.7 Å². The van der Waals surface area contributed by atoms with Crippen LogP contribution in [-0.2, 0) is 0 Å². The maximum Gasteiger partial charge on any atom is 0.123 e. The van der Waals surface area contributed by atoms with Gasteiger partial charge in [0, 0.05) is 5.69 Å². The van der Waals surface area contributed by atoms with Crippen molar-refractivity contribution >= 4 is 24.9 Å². The molecular formula is C28H44N2Si. The molecule has 0 heterocycles. The normalized spacial score (nSPS) is 13.1. The van der Waals surface area contributed by atoms with E-state index in [2.05, 4.69) is 117 Å². The van der Waals surface area contributed by atoms with Crippen LogP contribution in [0, 0.1) is 0 Å². The fourth-order valence-electron chi connectivity index (χ4n) is 3.95. The van der Waals surface area contributed by atoms with Crippen molar-refractivity contribution in [2.75, 3.05) is 5.32 Å². The fraction of sp³-hybridized carbons (Fsp3) is 0.536. The van der Waals surface area contributed by atoms with E-state index in [9.17, 15) is 0 Å². The number of benzene rings is 2. The SMILES string of the molecule is CC(C)c1cccc(C(C)C)c1N=C(Nc1c(C(C)C)cccc1C(C)C)[Si](C)(C)C. The van der Waals surface area contributed by atoms with Crippen molar-refractivity contribution in [2.45, 2.75) is 98.7 Å². The molecule has 3 heteroatoms. The Morgan fingerprint density at radius 3 is 1.32 bits per heavy atom. The third-order valence-electron chi connectivity index (χ3n) is 5.89. The lowest BCUT2D eigenvalue weighted by molar-refractivity contribution is 0.834. The van der Waals surface area contributed by atoms with Crippen LogP contribution in [0.4, 0.5) is 11.4 Å². The maximum absolute atomic E-state index is 5.44. The number of nitrogens with zero attached hydrogens (tertiary/aromatic N) is 1. The number of anilines is 1. The maximum atomic E-state index is 5.44. The molecule has 2 aromatic rings. The first-order valence-electron chi connectivity index (χ1n) is 12.0. The first kappa shape index (κ1) is 25.4. The van der Waals surface area contributed by atoms with Crippen molar-refractivity contribution in [2.24, 2.45) is 4.99 Å². The van der Waals surface area contributed by atoms with Gasteiger partial charge in [0.05, 0.1) is 11.1 Å². The van der Waals surface area contributed by atoms with Crippen LogP contribution in [0.1, 0.15) is 101 Å². The summed E-state index contributed by atoms with van der Waals surface area (Å²) in [6, 6.07) is 13.4. The minimum Gasteiger partial charge on any atom is -0.347 e. The molecule has 0 bridgehead atoms. The van der Waals surface area contributed by atoms with Gasteiger partial charge in [-0.15, -0.1) is 0 Å². The molecule has 0 aliphatic heterocycles. The summed E-state index contributed by atoms with van der Waals surface area (Å²) in [7, 11) is -1.74. The predicted molar refractivity (Wildman–Crippen MR) is 143 cm³/mol. The highest BCUT2D eigenvalue weighted by molar-refractivity contribution is 7.05. The molecular weight excluding hydrogens is 392 g/mol. The van der Waals surface area contributed by atoms with E-state index in [1.54, 1.807) is 0 Å². The molecule has 0 amide bonds. The highest BCUT2D eigenvalue weighted by Crippen LogP contribution is 2.37. The number of amidine groups is 1. The molecule has 0 fully saturated rings. The summed E-state index contributed by atoms with van der Waals surface area (Å²) in [5.74, 6) is 1.79. The monoisotopic (exact) mass is 436 g/mol. The Labute approximate surface area is 192 Å². The number of nitrogens with one attached hydrogen (secondary N) is 1. The third-order valence-corrected chi connectivity index (χ3v) is 7.55. The zero-order valence-electron chi connectivity index (χ0n) is 21.7. The lowest BCUT2D eigenvalue weighted by Gasteiger charge is -2.27. The predicted octanol–water partition coefficient (Wildman–Crippen LogP) is 9.20. The van der Waals surface area contributed by atoms with Crippen LogP contribution >= 0.6 is 0 Å². The van der Waals surface area contributed by atoms with E-state index in [1.165, 1.54) is 33.6 Å². The van der Waals surface area contributed by atoms with E-state index in [-0.39, 0.29) is 0 Å². The van der Waals surface area contributed by atoms with Gasteiger partial charge in [0.25, 0.3) is 0 Å². The van der Waals surface area contributed by atoms with Gasteiger partial charge in [-0.3, -0.25) is 0 Å². The smallest absolute Gasteiger partial charge is 0.123 e. The Bertz CT molecular complexity index is 863. The van der Waals surface area contributed by atoms with Crippen LogP contribution in [0.5, 0.6) is 0 Å². The van der Waals surface area contributed by atoms with Crippen molar-refractivity contribution in [1.82, 2.24) is 0 Å². The topological polar surface area (TPSA) is 24.4 Å². The first-order valence-corrected chi connectivity index (χ1v) is 15.5. The summed E-state index contributed by atoms with van der Waals surface area (Å²) in [5, 5.41) is 3.91. The lowest BCUT2D eigenvalue weighted by atomic mass is 9.92. The zero-order chi connectivity index (χ0) is 23.5. The van der Waals surface area contributed by atoms with Gasteiger partial charge in [-0.25, -0.2) is 4.99 Å². The van der Waals surface area contributed by atoms with E-state index in [1.807, 2.05) is 0 Å². The van der Waals surface area contributed by atoms with Gasteiger partial charge < -0.3 is 5.32 Å². The Morgan fingerprint density at radius 1 is 0.645 bits per heavy atom. The molecule has 0 spiro atoms. The minimum atomic E-state index is -1.74. The van der Waals surface area contributed by atoms with Crippen LogP contribution in [0.25, 0.3) is 0 Å². The average Bonchev–Trinajstić information content (AvgIpc) is 2.66. The molecule has 31 heavy (non-hydrogen) atoms. The molecule has 2 aromatic carbocycles. The first-order chi connectivity index (χ1) is 14.3. The number of aliphatic imine (C=N–C) groups is 1. The third kappa shape index (κ3) is 6.09. The van der Waals surface area contributed by atoms with Crippen molar-refractivity contribution in [3.63, 3.8) is 0 Å². The summed E-state index contributed by atoms with van der Waals surface area (Å²) < 4.78 is 0. The molecule has 0 aliphatic carbocycles. The standard InChI is InChI=1S/C28H44N2Si/c1-18(2)22-14-12-15-23(19(3)4)26(22)29-28(31(9,10)11)30-27-24(20(5)6)16-13-17-25(27)21(7)8/h12-21H,1-11H3,(H,29,30). The molecule has 0 aliphatic rings. The highest BCUT2D eigenvalue weighted by atomic mass is 28.3. The summed E-state index contributed by atoms with van der Waals surface area (Å²) in [4.78, 5) is 5.44. The Morgan fingerprint density at radius 2 is 1.00 bits per heavy atom. The number of hydrogen-bond donors (Lipinski definition) is 1. The average molecular weight is 437 g/mol. The largest absolute Gasteiger partial charge is 0.347 e. The molecule has 2 nitrogen and oxygen atoms in total. The molecule has 2 rings (SSSR count). The van der Waals surface area contributed by atoms with E-state index in [0.29, 0.717) is 23.7 Å². The second-order valence-electron chi connectivity index (χ2n) is 11.1. The summed E-state index contributed by atoms with van der Waals surface area (Å²) in [6.07, 6.45) is 0. The van der Waals surface area contributed by atoms with Gasteiger partial charge in [0.15, 0.2) is 0 Å². The molecule has 170 valence electrons. The zero-order valence-corrected chi connectivity index (χ0v) is 22.7. The van der Waals surface area contributed by atoms with E-state index in [4.69, 9.17) is 4.99 Å². The van der Waals surface area contributed by atoms with Gasteiger partial charge in [-0.1, -0.05) is 111 Å². The van der Waals surface area contributed by atoms with E-state index < -0.39 is 8.07 Å². The van der Waals surface area contributed by atoms with Crippen LogP contribution in [-0.4, -0.2) is 13.5 Å². The van der Waals surface area contributed by atoms with Crippen molar-refractivity contribution in [1.29, 1.82) is 0 Å². The lowest BCUT2D eigenvalue weighted by Crippen LogP contribution is -2.39. The molecule has 0 saturated heterocycles. The number of para-hydroxylation sites is 2. The Kier molecular flexibility index (Phi) is 8.32. The Balaban J connectivity index is 2.76. The second kappa shape index (κ2) is 10.2. The van der Waals surface area contributed by atoms with E-state index >= 15 is 0 Å². The molecule has 1 N–H and O–H groups in total. The van der Waals surface area contributed by atoms with Gasteiger partial charge >= 0.3 is 0 Å². The van der Waals surface area contributed by atoms with Crippen LogP contribution < -0.4 is 5.32 Å². The molecule has 0 aromatic heterocycles. The fourth-order valence-corrected chi connectivity index (χ4v) is 4.90. The van der Waals surface area contributed by atoms with Crippen LogP contribution in [0.2, 0.25) is 19.6 Å². The van der Waals surface area contributed by atoms with Gasteiger partial charge in [-0.2, -0.15) is 0 Å². The van der Waals surface area contributed by atoms with Crippen LogP contribution in [0.15, 0.2) is 41.4 Å². The molecule has 0 saturated carbocycles. The second-order valence-corrected chi connectivity index (χ2v) is 16.0. The number of rotatable bonds is 7. The van der Waals surface area contributed by atoms with Crippen molar-refractivity contribution in [3.8, 4) is 0 Å². The Hall–Kier alpha value is -1.87. The van der Waals surface area contributed by atoms with Gasteiger partial charge in [0.1, 0.15) is 8.07 Å². The number of hydrogen-bond acceptors (Lipinski definition) is 1. The molecule has 0 atom stereocenters. The van der Waals surface area contributed by atoms with Gasteiger partial charge in [-0.05, 0) is 45.9 Å². The van der Waals surface area contributed by atoms with Gasteiger partial charge in [0.2, 0.25) is 0 Å². The summed E-state index contributed by atoms with van der Waals surface area (Å²) in [5.41, 5.74) is 9.02. The van der Waals surface area contributed by atoms with Crippen LogP contribution in [0.3, 0.4) is 0 Å². The highest BCUT2D eigenvalue weighted by Gasteiger charge is 2.26. The van der Waals surface area contributed by atoms with Crippen molar-refractivity contribution < 1.29 is 0 Å². The molecule has 0 radical (unpaired) electrons. The summed E-state index contributed by atoms with van der Waals surface area (Å²) in [6.45, 7) is 25.4. The van der Waals surface area contributed by atoms with E-state index in [0.717, 1.165) is 5.46 Å². The minimum absolute atomic E-state index is 0.439. The quantitative estimate of drug-likeness (QED) is 0.261. The summed E-state index contributed by atoms with van der Waals surface area (Å²) >= 11 is 0.